The summed E-state index contributed by atoms with van der Waals surface area (Å²) < 4.78 is 111. The highest BCUT2D eigenvalue weighted by Gasteiger charge is 2.16. The minimum atomic E-state index is -0.607. The zero-order chi connectivity index (χ0) is 44.9. The largest absolute Gasteiger partial charge is 0.208 e. The van der Waals surface area contributed by atoms with Gasteiger partial charge in [0.2, 0.25) is 0 Å². The van der Waals surface area contributed by atoms with Gasteiger partial charge in [-0.2, -0.15) is 0 Å². The van der Waals surface area contributed by atoms with Gasteiger partial charge in [-0.3, -0.25) is 0 Å². The highest BCUT2D eigenvalue weighted by atomic mass is 15.0. The molecule has 3 heteroatoms. The summed E-state index contributed by atoms with van der Waals surface area (Å²) in [6.07, 6.45) is 0. The van der Waals surface area contributed by atoms with E-state index in [1.54, 1.807) is 48.5 Å². The Morgan fingerprint density at radius 3 is 1.85 bits per heavy atom. The second-order valence-electron chi connectivity index (χ2n) is 12.3. The highest BCUT2D eigenvalue weighted by molar-refractivity contribution is 6.00. The van der Waals surface area contributed by atoms with Gasteiger partial charge in [0.1, 0.15) is 0 Å². The number of hydrogen-bond acceptors (Lipinski definition) is 3. The lowest BCUT2D eigenvalue weighted by atomic mass is 9.95. The molecule has 0 N–H and O–H groups in total. The minimum absolute atomic E-state index is 0.0111. The topological polar surface area (TPSA) is 38.7 Å². The molecule has 0 aliphatic carbocycles. The normalized spacial score (nSPS) is 14.7. The van der Waals surface area contributed by atoms with Gasteiger partial charge in [-0.1, -0.05) is 164 Å². The van der Waals surface area contributed by atoms with Crippen LogP contribution >= 0.6 is 0 Å². The van der Waals surface area contributed by atoms with Crippen molar-refractivity contribution >= 4 is 43.1 Å². The summed E-state index contributed by atoms with van der Waals surface area (Å²) in [6.45, 7) is 0. The molecule has 0 saturated heterocycles. The van der Waals surface area contributed by atoms with Crippen LogP contribution in [0.25, 0.3) is 99.5 Å². The maximum Gasteiger partial charge on any atom is 0.164 e. The molecule has 0 atom stereocenters. The summed E-state index contributed by atoms with van der Waals surface area (Å²) in [5.41, 5.74) is 0.979. The molecule has 242 valence electrons. The van der Waals surface area contributed by atoms with Crippen molar-refractivity contribution in [2.45, 2.75) is 0 Å². The molecule has 0 aliphatic heterocycles. The molecule has 0 aliphatic rings. The first-order valence-electron chi connectivity index (χ1n) is 22.6. The van der Waals surface area contributed by atoms with Crippen LogP contribution in [0.2, 0.25) is 0 Å². The Morgan fingerprint density at radius 1 is 0.327 bits per heavy atom. The Labute approximate surface area is 318 Å². The van der Waals surface area contributed by atoms with E-state index < -0.39 is 48.3 Å². The SMILES string of the molecule is [2H]c1c(-c2cccc3ccccc23)c([2H])c2c([2H])c([2H])c(-c3nc(-c4ccc5ccccc5c4)nc(-c4c([2H])c([2H])c([2H])c5c([2H])c([2H])c(-c6ccccc6)c([2H])c45)n3)c([2H])c2c1[2H]. The Morgan fingerprint density at radius 2 is 0.981 bits per heavy atom. The van der Waals surface area contributed by atoms with E-state index in [-0.39, 0.29) is 85.4 Å². The molecule has 3 nitrogen and oxygen atoms in total. The van der Waals surface area contributed by atoms with Crippen molar-refractivity contribution in [2.24, 2.45) is 0 Å². The third-order valence-corrected chi connectivity index (χ3v) is 9.02. The molecule has 0 radical (unpaired) electrons. The summed E-state index contributed by atoms with van der Waals surface area (Å²) >= 11 is 0. The summed E-state index contributed by atoms with van der Waals surface area (Å²) in [6, 6.07) is 29.0. The third kappa shape index (κ3) is 5.37. The van der Waals surface area contributed by atoms with E-state index in [1.807, 2.05) is 66.7 Å². The lowest BCUT2D eigenvalue weighted by Gasteiger charge is -2.12. The Hall–Kier alpha value is -6.97. The second kappa shape index (κ2) is 12.4. The van der Waals surface area contributed by atoms with Crippen molar-refractivity contribution in [3.63, 3.8) is 0 Å². The molecule has 0 bridgehead atoms. The van der Waals surface area contributed by atoms with Crippen molar-refractivity contribution in [1.29, 1.82) is 0 Å². The zero-order valence-corrected chi connectivity index (χ0v) is 27.3. The van der Waals surface area contributed by atoms with Crippen LogP contribution in [0.3, 0.4) is 0 Å². The van der Waals surface area contributed by atoms with Gasteiger partial charge < -0.3 is 0 Å². The first-order valence-corrected chi connectivity index (χ1v) is 16.6. The maximum absolute atomic E-state index is 9.60. The van der Waals surface area contributed by atoms with Gasteiger partial charge in [-0.25, -0.2) is 15.0 Å². The van der Waals surface area contributed by atoms with Crippen LogP contribution in [0.1, 0.15) is 16.4 Å². The molecule has 0 saturated carbocycles. The van der Waals surface area contributed by atoms with Crippen molar-refractivity contribution < 1.29 is 16.4 Å². The monoisotopic (exact) mass is 673 g/mol. The molecular weight excluding hydrogens is 631 g/mol. The van der Waals surface area contributed by atoms with E-state index in [0.717, 1.165) is 21.5 Å². The van der Waals surface area contributed by atoms with Gasteiger partial charge in [0, 0.05) is 16.7 Å². The molecular formula is C49H31N3. The lowest BCUT2D eigenvalue weighted by molar-refractivity contribution is 1.08. The number of benzene rings is 9. The van der Waals surface area contributed by atoms with Crippen LogP contribution in [0.5, 0.6) is 0 Å². The number of nitrogens with zero attached hydrogens (tertiary/aromatic N) is 3. The maximum atomic E-state index is 9.60. The van der Waals surface area contributed by atoms with Crippen molar-refractivity contribution in [2.75, 3.05) is 0 Å². The predicted octanol–water partition coefficient (Wildman–Crippen LogP) is 12.8. The van der Waals surface area contributed by atoms with Gasteiger partial charge in [0.25, 0.3) is 0 Å². The Bertz CT molecular complexity index is 3650. The highest BCUT2D eigenvalue weighted by Crippen LogP contribution is 2.35. The Balaban J connectivity index is 1.31. The van der Waals surface area contributed by atoms with E-state index in [9.17, 15) is 11.0 Å². The number of hydrogen-bond donors (Lipinski definition) is 0. The number of rotatable bonds is 5. The van der Waals surface area contributed by atoms with Gasteiger partial charge in [-0.05, 0) is 89.5 Å². The van der Waals surface area contributed by atoms with Crippen LogP contribution in [-0.4, -0.2) is 15.0 Å². The van der Waals surface area contributed by atoms with Crippen LogP contribution < -0.4 is 0 Å². The molecule has 52 heavy (non-hydrogen) atoms. The first kappa shape index (κ1) is 20.0. The fourth-order valence-electron chi connectivity index (χ4n) is 6.45. The van der Waals surface area contributed by atoms with Gasteiger partial charge in [-0.15, -0.1) is 0 Å². The minimum Gasteiger partial charge on any atom is -0.208 e. The van der Waals surface area contributed by atoms with Crippen molar-refractivity contribution in [3.8, 4) is 56.4 Å². The van der Waals surface area contributed by atoms with Crippen LogP contribution in [0.15, 0.2) is 188 Å². The van der Waals surface area contributed by atoms with Crippen molar-refractivity contribution in [1.82, 2.24) is 15.0 Å². The predicted molar refractivity (Wildman–Crippen MR) is 217 cm³/mol. The molecule has 10 aromatic rings. The van der Waals surface area contributed by atoms with E-state index in [1.165, 1.54) is 0 Å². The summed E-state index contributed by atoms with van der Waals surface area (Å²) in [5.74, 6) is -0.643. The molecule has 10 rings (SSSR count). The Kier molecular flexibility index (Phi) is 4.78. The lowest BCUT2D eigenvalue weighted by Crippen LogP contribution is -2.00. The summed E-state index contributed by atoms with van der Waals surface area (Å²) in [4.78, 5) is 14.3. The molecule has 0 unspecified atom stereocenters. The smallest absolute Gasteiger partial charge is 0.164 e. The molecule has 0 amide bonds. The van der Waals surface area contributed by atoms with Gasteiger partial charge in [0.15, 0.2) is 17.5 Å². The summed E-state index contributed by atoms with van der Waals surface area (Å²) in [5, 5.41) is 2.54. The van der Waals surface area contributed by atoms with E-state index in [0.29, 0.717) is 16.7 Å². The molecule has 9 aromatic carbocycles. The van der Waals surface area contributed by atoms with E-state index in [2.05, 4.69) is 0 Å². The quantitative estimate of drug-likeness (QED) is 0.182. The van der Waals surface area contributed by atoms with Crippen LogP contribution in [0.4, 0.5) is 0 Å². The number of aromatic nitrogens is 3. The molecule has 0 spiro atoms. The number of fused-ring (bicyclic) bond motifs is 4. The van der Waals surface area contributed by atoms with Crippen LogP contribution in [0, 0.1) is 0 Å². The molecule has 0 fully saturated rings. The summed E-state index contributed by atoms with van der Waals surface area (Å²) in [7, 11) is 0. The van der Waals surface area contributed by atoms with E-state index in [4.69, 9.17) is 20.4 Å². The zero-order valence-electron chi connectivity index (χ0n) is 39.3. The van der Waals surface area contributed by atoms with Crippen LogP contribution in [-0.2, 0) is 0 Å². The van der Waals surface area contributed by atoms with E-state index >= 15 is 0 Å². The molecule has 1 aromatic heterocycles. The standard InChI is InChI=1S/C49H31N3/c1-2-10-32(11-3-1)39-22-21-35-16-9-19-45(46(35)31-39)49-51-47(41-26-20-33-12-4-5-14-36(33)29-41)50-48(52-49)42-27-24-37-28-40(25-23-38(37)30-42)44-18-8-15-34-13-6-7-17-43(34)44/h1-31H/i9D,16D,19D,21D,22D,23D,24D,25D,27D,28D,30D,31D. The average Bonchev–Trinajstić information content (AvgIpc) is 3.30. The fraction of sp³-hybridized carbons (Fsp3) is 0. The van der Waals surface area contributed by atoms with Gasteiger partial charge in [0.05, 0.1) is 16.4 Å². The fourth-order valence-corrected chi connectivity index (χ4v) is 6.45. The van der Waals surface area contributed by atoms with Gasteiger partial charge >= 0.3 is 0 Å². The average molecular weight is 674 g/mol. The second-order valence-corrected chi connectivity index (χ2v) is 12.3. The first-order chi connectivity index (χ1) is 30.8. The van der Waals surface area contributed by atoms with Crippen molar-refractivity contribution in [3.05, 3.63) is 188 Å². The molecule has 1 heterocycles. The third-order valence-electron chi connectivity index (χ3n) is 9.02.